The van der Waals surface area contributed by atoms with Crippen molar-refractivity contribution in [1.29, 1.82) is 0 Å². The maximum Gasteiger partial charge on any atom is 0.290 e. The van der Waals surface area contributed by atoms with Gasteiger partial charge in [-0.05, 0) is 43.9 Å². The van der Waals surface area contributed by atoms with Crippen LogP contribution in [0, 0.1) is 0 Å². The van der Waals surface area contributed by atoms with Crippen molar-refractivity contribution in [3.63, 3.8) is 0 Å². The molecule has 1 atom stereocenters. The molecule has 32 heavy (non-hydrogen) atoms. The Morgan fingerprint density at radius 2 is 1.97 bits per heavy atom. The minimum atomic E-state index is -0.734. The van der Waals surface area contributed by atoms with Crippen LogP contribution >= 0.6 is 15.9 Å². The van der Waals surface area contributed by atoms with Crippen LogP contribution in [-0.4, -0.2) is 60.9 Å². The van der Waals surface area contributed by atoms with E-state index in [4.69, 9.17) is 9.15 Å². The van der Waals surface area contributed by atoms with Gasteiger partial charge in [0.05, 0.1) is 18.7 Å². The smallest absolute Gasteiger partial charge is 0.290 e. The summed E-state index contributed by atoms with van der Waals surface area (Å²) < 4.78 is 11.9. The van der Waals surface area contributed by atoms with Gasteiger partial charge in [-0.3, -0.25) is 9.59 Å². The Bertz CT molecular complexity index is 1230. The molecule has 0 radical (unpaired) electrons. The number of hydrogen-bond donors (Lipinski definition) is 1. The fraction of sp³-hybridized carbons (Fsp3) is 0.250. The molecule has 2 heterocycles. The lowest BCUT2D eigenvalue weighted by Crippen LogP contribution is -2.36. The number of ether oxygens (including phenoxy) is 1. The third-order valence-corrected chi connectivity index (χ3v) is 5.95. The zero-order chi connectivity index (χ0) is 23.0. The average Bonchev–Trinajstić information content (AvgIpc) is 3.31. The van der Waals surface area contributed by atoms with Gasteiger partial charge in [-0.25, -0.2) is 0 Å². The lowest BCUT2D eigenvalue weighted by molar-refractivity contribution is -0.129. The van der Waals surface area contributed by atoms with Crippen LogP contribution in [-0.2, 0) is 4.79 Å². The quantitative estimate of drug-likeness (QED) is 0.487. The number of para-hydroxylation sites is 1. The largest absolute Gasteiger partial charge is 0.503 e. The zero-order valence-electron chi connectivity index (χ0n) is 18.0. The number of nitrogens with zero attached hydrogens (tertiary/aromatic N) is 2. The molecule has 1 aromatic heterocycles. The van der Waals surface area contributed by atoms with Crippen LogP contribution in [0.1, 0.15) is 22.2 Å². The molecule has 3 aromatic rings. The molecule has 0 spiro atoms. The zero-order valence-corrected chi connectivity index (χ0v) is 19.5. The second-order valence-corrected chi connectivity index (χ2v) is 8.76. The van der Waals surface area contributed by atoms with Crippen LogP contribution in [0.2, 0.25) is 0 Å². The topological polar surface area (TPSA) is 83.2 Å². The molecule has 0 saturated heterocycles. The minimum Gasteiger partial charge on any atom is -0.503 e. The van der Waals surface area contributed by atoms with E-state index in [1.54, 1.807) is 24.3 Å². The lowest BCUT2D eigenvalue weighted by Gasteiger charge is -2.28. The van der Waals surface area contributed by atoms with Crippen molar-refractivity contribution in [2.24, 2.45) is 0 Å². The van der Waals surface area contributed by atoms with E-state index in [2.05, 4.69) is 15.9 Å². The van der Waals surface area contributed by atoms with Gasteiger partial charge < -0.3 is 24.1 Å². The van der Waals surface area contributed by atoms with Gasteiger partial charge >= 0.3 is 0 Å². The van der Waals surface area contributed by atoms with Crippen molar-refractivity contribution in [2.75, 3.05) is 34.3 Å². The first-order valence-corrected chi connectivity index (χ1v) is 10.9. The van der Waals surface area contributed by atoms with E-state index >= 15 is 0 Å². The Balaban J connectivity index is 1.81. The number of ketones is 1. The summed E-state index contributed by atoms with van der Waals surface area (Å²) in [5.41, 5.74) is 1.16. The summed E-state index contributed by atoms with van der Waals surface area (Å²) in [5, 5.41) is 11.5. The van der Waals surface area contributed by atoms with E-state index in [0.29, 0.717) is 35.4 Å². The maximum absolute atomic E-state index is 13.6. The van der Waals surface area contributed by atoms with Gasteiger partial charge in [0.1, 0.15) is 0 Å². The highest BCUT2D eigenvalue weighted by atomic mass is 79.9. The summed E-state index contributed by atoms with van der Waals surface area (Å²) in [6.07, 6.45) is 0. The average molecular weight is 499 g/mol. The first-order chi connectivity index (χ1) is 15.3. The monoisotopic (exact) mass is 498 g/mol. The fourth-order valence-corrected chi connectivity index (χ4v) is 4.31. The van der Waals surface area contributed by atoms with Crippen molar-refractivity contribution in [3.8, 4) is 5.75 Å². The number of aliphatic hydroxyl groups excluding tert-OH is 1. The van der Waals surface area contributed by atoms with Crippen LogP contribution in [0.5, 0.6) is 5.75 Å². The molecule has 0 aliphatic carbocycles. The van der Waals surface area contributed by atoms with Crippen molar-refractivity contribution >= 4 is 38.6 Å². The molecular formula is C24H23BrN2O5. The Hall–Kier alpha value is -3.10. The summed E-state index contributed by atoms with van der Waals surface area (Å²) in [5.74, 6) is -1.13. The second-order valence-electron chi connectivity index (χ2n) is 7.84. The number of fused-ring (bicyclic) bond motifs is 1. The molecule has 0 saturated carbocycles. The molecule has 1 aliphatic rings. The number of carbonyl (C=O) groups excluding carboxylic acids is 2. The van der Waals surface area contributed by atoms with E-state index in [0.717, 1.165) is 4.47 Å². The van der Waals surface area contributed by atoms with Gasteiger partial charge in [-0.2, -0.15) is 0 Å². The first kappa shape index (κ1) is 22.1. The molecule has 8 heteroatoms. The molecule has 0 bridgehead atoms. The normalized spacial score (nSPS) is 16.5. The predicted molar refractivity (Wildman–Crippen MR) is 124 cm³/mol. The number of methoxy groups -OCH3 is 1. The van der Waals surface area contributed by atoms with E-state index in [-0.39, 0.29) is 11.3 Å². The van der Waals surface area contributed by atoms with E-state index < -0.39 is 23.5 Å². The second kappa shape index (κ2) is 8.80. The molecule has 4 rings (SSSR count). The van der Waals surface area contributed by atoms with E-state index in [1.807, 2.05) is 43.3 Å². The standard InChI is InChI=1S/C24H23BrN2O5/c1-26(2)10-11-27-20(14-6-4-8-16(25)12-14)19(22(29)24(27)30)21(28)18-13-15-7-5-9-17(31-3)23(15)32-18/h4-9,12-13,20,29H,10-11H2,1-3H3/t20-/m0/s1. The Labute approximate surface area is 194 Å². The predicted octanol–water partition coefficient (Wildman–Crippen LogP) is 4.34. The lowest BCUT2D eigenvalue weighted by atomic mass is 9.95. The maximum atomic E-state index is 13.6. The number of carbonyl (C=O) groups is 2. The Morgan fingerprint density at radius 3 is 2.66 bits per heavy atom. The third kappa shape index (κ3) is 3.91. The highest BCUT2D eigenvalue weighted by Gasteiger charge is 2.44. The summed E-state index contributed by atoms with van der Waals surface area (Å²) >= 11 is 3.46. The van der Waals surface area contributed by atoms with Gasteiger partial charge in [-0.15, -0.1) is 0 Å². The highest BCUT2D eigenvalue weighted by Crippen LogP contribution is 2.40. The molecule has 0 unspecified atom stereocenters. The summed E-state index contributed by atoms with van der Waals surface area (Å²) in [4.78, 5) is 30.0. The van der Waals surface area contributed by atoms with Gasteiger partial charge in [0, 0.05) is 22.9 Å². The van der Waals surface area contributed by atoms with Gasteiger partial charge in [0.15, 0.2) is 22.9 Å². The van der Waals surface area contributed by atoms with Crippen LogP contribution in [0.4, 0.5) is 0 Å². The molecule has 0 fully saturated rings. The number of halogens is 1. The van der Waals surface area contributed by atoms with E-state index in [1.165, 1.54) is 12.0 Å². The number of aliphatic hydroxyl groups is 1. The van der Waals surface area contributed by atoms with Crippen LogP contribution in [0.15, 0.2) is 68.8 Å². The number of rotatable bonds is 7. The van der Waals surface area contributed by atoms with E-state index in [9.17, 15) is 14.7 Å². The number of benzene rings is 2. The van der Waals surface area contributed by atoms with Crippen LogP contribution in [0.25, 0.3) is 11.0 Å². The Morgan fingerprint density at radius 1 is 1.22 bits per heavy atom. The molecule has 166 valence electrons. The number of Topliss-reactive ketones (excluding diaryl/α,β-unsaturated/α-hetero) is 1. The molecule has 2 aromatic carbocycles. The summed E-state index contributed by atoms with van der Waals surface area (Å²) in [6.45, 7) is 0.921. The fourth-order valence-electron chi connectivity index (χ4n) is 3.89. The molecule has 1 aliphatic heterocycles. The molecular weight excluding hydrogens is 476 g/mol. The van der Waals surface area contributed by atoms with Gasteiger partial charge in [0.25, 0.3) is 5.91 Å². The van der Waals surface area contributed by atoms with Crippen molar-refractivity contribution in [1.82, 2.24) is 9.80 Å². The minimum absolute atomic E-state index is 0.00452. The summed E-state index contributed by atoms with van der Waals surface area (Å²) in [7, 11) is 5.32. The SMILES string of the molecule is COc1cccc2cc(C(=O)C3=C(O)C(=O)N(CCN(C)C)[C@H]3c3cccc(Br)c3)oc12. The van der Waals surface area contributed by atoms with Crippen molar-refractivity contribution < 1.29 is 23.8 Å². The molecule has 1 amide bonds. The Kier molecular flexibility index (Phi) is 6.08. The first-order valence-electron chi connectivity index (χ1n) is 10.1. The highest BCUT2D eigenvalue weighted by molar-refractivity contribution is 9.10. The number of hydrogen-bond acceptors (Lipinski definition) is 6. The van der Waals surface area contributed by atoms with Crippen molar-refractivity contribution in [3.05, 3.63) is 75.7 Å². The van der Waals surface area contributed by atoms with Gasteiger partial charge in [-0.1, -0.05) is 40.2 Å². The number of amides is 1. The molecule has 1 N–H and O–H groups in total. The summed E-state index contributed by atoms with van der Waals surface area (Å²) in [6, 6.07) is 13.6. The number of likely N-dealkylation sites (N-methyl/N-ethyl adjacent to an activating group) is 1. The van der Waals surface area contributed by atoms with Crippen LogP contribution in [0.3, 0.4) is 0 Å². The molecule has 7 nitrogen and oxygen atoms in total. The van der Waals surface area contributed by atoms with Crippen LogP contribution < -0.4 is 4.74 Å². The number of furan rings is 1. The third-order valence-electron chi connectivity index (χ3n) is 5.45. The van der Waals surface area contributed by atoms with Gasteiger partial charge in [0.2, 0.25) is 5.78 Å². The van der Waals surface area contributed by atoms with Crippen molar-refractivity contribution in [2.45, 2.75) is 6.04 Å².